The standard InChI is InChI=1S/C15H16BrN3O/c1-10-14(5-6-20)11(2)19(18-10)9-13-4-3-12(8-17)7-15(13)16/h3-4,7,20H,5-6,9H2,1-2H3. The summed E-state index contributed by atoms with van der Waals surface area (Å²) in [6.45, 7) is 4.75. The number of aliphatic hydroxyl groups excluding tert-OH is 1. The molecule has 5 heteroatoms. The summed E-state index contributed by atoms with van der Waals surface area (Å²) in [5.41, 5.74) is 4.85. The average Bonchev–Trinajstić information content (AvgIpc) is 2.69. The molecule has 0 bridgehead atoms. The SMILES string of the molecule is Cc1nn(Cc2ccc(C#N)cc2Br)c(C)c1CCO. The molecule has 0 radical (unpaired) electrons. The van der Waals surface area contributed by atoms with E-state index in [9.17, 15) is 0 Å². The summed E-state index contributed by atoms with van der Waals surface area (Å²) < 4.78 is 2.85. The van der Waals surface area contributed by atoms with E-state index in [-0.39, 0.29) is 6.61 Å². The molecular formula is C15H16BrN3O. The van der Waals surface area contributed by atoms with Gasteiger partial charge in [-0.25, -0.2) is 0 Å². The molecule has 2 rings (SSSR count). The third kappa shape index (κ3) is 2.92. The number of nitriles is 1. The van der Waals surface area contributed by atoms with Crippen molar-refractivity contribution >= 4 is 15.9 Å². The van der Waals surface area contributed by atoms with Crippen LogP contribution in [0.25, 0.3) is 0 Å². The number of aryl methyl sites for hydroxylation is 1. The highest BCUT2D eigenvalue weighted by Crippen LogP contribution is 2.21. The molecule has 4 nitrogen and oxygen atoms in total. The third-order valence-electron chi connectivity index (χ3n) is 3.40. The Bertz CT molecular complexity index is 670. The van der Waals surface area contributed by atoms with Gasteiger partial charge in [-0.2, -0.15) is 10.4 Å². The Labute approximate surface area is 126 Å². The second kappa shape index (κ2) is 6.21. The molecule has 104 valence electrons. The van der Waals surface area contributed by atoms with Gasteiger partial charge in [0.25, 0.3) is 0 Å². The quantitative estimate of drug-likeness (QED) is 0.935. The topological polar surface area (TPSA) is 61.8 Å². The second-order valence-corrected chi connectivity index (χ2v) is 5.55. The molecule has 0 aliphatic heterocycles. The van der Waals surface area contributed by atoms with Crippen molar-refractivity contribution in [3.63, 3.8) is 0 Å². The maximum Gasteiger partial charge on any atom is 0.0992 e. The van der Waals surface area contributed by atoms with E-state index in [2.05, 4.69) is 27.1 Å². The zero-order chi connectivity index (χ0) is 14.7. The number of aliphatic hydroxyl groups is 1. The van der Waals surface area contributed by atoms with Crippen molar-refractivity contribution in [3.8, 4) is 6.07 Å². The molecule has 1 aromatic carbocycles. The summed E-state index contributed by atoms with van der Waals surface area (Å²) in [7, 11) is 0. The minimum absolute atomic E-state index is 0.133. The van der Waals surface area contributed by atoms with Gasteiger partial charge >= 0.3 is 0 Å². The molecule has 20 heavy (non-hydrogen) atoms. The molecular weight excluding hydrogens is 318 g/mol. The van der Waals surface area contributed by atoms with Crippen LogP contribution in [0.4, 0.5) is 0 Å². The highest BCUT2D eigenvalue weighted by Gasteiger charge is 2.12. The molecule has 0 aliphatic rings. The predicted octanol–water partition coefficient (Wildman–Crippen LogP) is 2.72. The fraction of sp³-hybridized carbons (Fsp3) is 0.333. The second-order valence-electron chi connectivity index (χ2n) is 4.70. The zero-order valence-corrected chi connectivity index (χ0v) is 13.1. The molecule has 0 atom stereocenters. The number of rotatable bonds is 4. The van der Waals surface area contributed by atoms with E-state index in [1.807, 2.05) is 30.7 Å². The van der Waals surface area contributed by atoms with Crippen LogP contribution in [0.2, 0.25) is 0 Å². The molecule has 1 N–H and O–H groups in total. The van der Waals surface area contributed by atoms with Gasteiger partial charge in [-0.3, -0.25) is 4.68 Å². The van der Waals surface area contributed by atoms with Crippen LogP contribution in [-0.4, -0.2) is 21.5 Å². The van der Waals surface area contributed by atoms with E-state index in [1.165, 1.54) is 0 Å². The Morgan fingerprint density at radius 1 is 1.40 bits per heavy atom. The first-order valence-electron chi connectivity index (χ1n) is 6.39. The summed E-state index contributed by atoms with van der Waals surface area (Å²) in [6, 6.07) is 7.68. The van der Waals surface area contributed by atoms with E-state index in [1.54, 1.807) is 6.07 Å². The summed E-state index contributed by atoms with van der Waals surface area (Å²) in [5.74, 6) is 0. The lowest BCUT2D eigenvalue weighted by Gasteiger charge is -2.08. The highest BCUT2D eigenvalue weighted by atomic mass is 79.9. The van der Waals surface area contributed by atoms with Crippen molar-refractivity contribution in [2.75, 3.05) is 6.61 Å². The van der Waals surface area contributed by atoms with Gasteiger partial charge < -0.3 is 5.11 Å². The van der Waals surface area contributed by atoms with E-state index in [0.29, 0.717) is 18.5 Å². The Kier molecular flexibility index (Phi) is 4.58. The van der Waals surface area contributed by atoms with Crippen molar-refractivity contribution in [3.05, 3.63) is 50.8 Å². The first kappa shape index (κ1) is 14.8. The van der Waals surface area contributed by atoms with Crippen LogP contribution in [-0.2, 0) is 13.0 Å². The molecule has 0 fully saturated rings. The molecule has 0 amide bonds. The first-order valence-corrected chi connectivity index (χ1v) is 7.18. The van der Waals surface area contributed by atoms with E-state index in [0.717, 1.165) is 27.0 Å². The van der Waals surface area contributed by atoms with Crippen LogP contribution in [0, 0.1) is 25.2 Å². The summed E-state index contributed by atoms with van der Waals surface area (Å²) in [5, 5.41) is 22.5. The largest absolute Gasteiger partial charge is 0.396 e. The van der Waals surface area contributed by atoms with Crippen LogP contribution in [0.3, 0.4) is 0 Å². The number of aromatic nitrogens is 2. The third-order valence-corrected chi connectivity index (χ3v) is 4.13. The fourth-order valence-electron chi connectivity index (χ4n) is 2.27. The minimum Gasteiger partial charge on any atom is -0.396 e. The Balaban J connectivity index is 2.31. The molecule has 1 aromatic heterocycles. The maximum atomic E-state index is 9.09. The van der Waals surface area contributed by atoms with Crippen molar-refractivity contribution in [2.45, 2.75) is 26.8 Å². The van der Waals surface area contributed by atoms with Crippen LogP contribution in [0.1, 0.15) is 28.1 Å². The lowest BCUT2D eigenvalue weighted by atomic mass is 10.1. The average molecular weight is 334 g/mol. The first-order chi connectivity index (χ1) is 9.56. The van der Waals surface area contributed by atoms with Crippen molar-refractivity contribution in [1.82, 2.24) is 9.78 Å². The van der Waals surface area contributed by atoms with Gasteiger partial charge in [0, 0.05) is 16.8 Å². The smallest absolute Gasteiger partial charge is 0.0992 e. The number of nitrogens with zero attached hydrogens (tertiary/aromatic N) is 3. The number of halogens is 1. The summed E-state index contributed by atoms with van der Waals surface area (Å²) in [4.78, 5) is 0. The van der Waals surface area contributed by atoms with Crippen LogP contribution in [0.5, 0.6) is 0 Å². The number of hydrogen-bond acceptors (Lipinski definition) is 3. The Morgan fingerprint density at radius 2 is 2.15 bits per heavy atom. The summed E-state index contributed by atoms with van der Waals surface area (Å²) >= 11 is 3.49. The zero-order valence-electron chi connectivity index (χ0n) is 11.5. The van der Waals surface area contributed by atoms with Gasteiger partial charge in [-0.1, -0.05) is 22.0 Å². The fourth-order valence-corrected chi connectivity index (χ4v) is 2.77. The van der Waals surface area contributed by atoms with Crippen molar-refractivity contribution < 1.29 is 5.11 Å². The van der Waals surface area contributed by atoms with Crippen LogP contribution >= 0.6 is 15.9 Å². The normalized spacial score (nSPS) is 10.6. The van der Waals surface area contributed by atoms with Gasteiger partial charge in [0.15, 0.2) is 0 Å². The molecule has 0 saturated carbocycles. The van der Waals surface area contributed by atoms with Crippen molar-refractivity contribution in [2.24, 2.45) is 0 Å². The van der Waals surface area contributed by atoms with Crippen LogP contribution in [0.15, 0.2) is 22.7 Å². The Morgan fingerprint density at radius 3 is 2.75 bits per heavy atom. The lowest BCUT2D eigenvalue weighted by molar-refractivity contribution is 0.299. The number of hydrogen-bond donors (Lipinski definition) is 1. The van der Waals surface area contributed by atoms with Gasteiger partial charge in [0.1, 0.15) is 0 Å². The highest BCUT2D eigenvalue weighted by molar-refractivity contribution is 9.10. The van der Waals surface area contributed by atoms with E-state index >= 15 is 0 Å². The van der Waals surface area contributed by atoms with Gasteiger partial charge in [0.2, 0.25) is 0 Å². The lowest BCUT2D eigenvalue weighted by Crippen LogP contribution is -2.05. The van der Waals surface area contributed by atoms with Gasteiger partial charge in [-0.15, -0.1) is 0 Å². The van der Waals surface area contributed by atoms with Crippen molar-refractivity contribution in [1.29, 1.82) is 5.26 Å². The summed E-state index contributed by atoms with van der Waals surface area (Å²) in [6.07, 6.45) is 0.631. The molecule has 0 unspecified atom stereocenters. The predicted molar refractivity (Wildman–Crippen MR) is 80.4 cm³/mol. The molecule has 1 heterocycles. The molecule has 0 saturated heterocycles. The number of benzene rings is 1. The molecule has 0 spiro atoms. The minimum atomic E-state index is 0.133. The van der Waals surface area contributed by atoms with Gasteiger partial charge in [-0.05, 0) is 43.5 Å². The van der Waals surface area contributed by atoms with E-state index in [4.69, 9.17) is 10.4 Å². The van der Waals surface area contributed by atoms with E-state index < -0.39 is 0 Å². The molecule has 0 aliphatic carbocycles. The maximum absolute atomic E-state index is 9.09. The Hall–Kier alpha value is -1.64. The molecule has 2 aromatic rings. The van der Waals surface area contributed by atoms with Gasteiger partial charge in [0.05, 0.1) is 23.9 Å². The van der Waals surface area contributed by atoms with Crippen LogP contribution < -0.4 is 0 Å². The monoisotopic (exact) mass is 333 g/mol.